The zero-order valence-corrected chi connectivity index (χ0v) is 8.72. The second-order valence-corrected chi connectivity index (χ2v) is 3.70. The van der Waals surface area contributed by atoms with E-state index in [9.17, 15) is 15.3 Å². The summed E-state index contributed by atoms with van der Waals surface area (Å²) in [6.45, 7) is 3.86. The van der Waals surface area contributed by atoms with E-state index in [1.165, 1.54) is 0 Å². The normalized spacial score (nSPS) is 18.2. The van der Waals surface area contributed by atoms with E-state index in [0.29, 0.717) is 0 Å². The SMILES string of the molecule is CC(C)NCC(O)[C@@H](O)[C@H](O)CCO. The van der Waals surface area contributed by atoms with Crippen LogP contribution in [0.15, 0.2) is 0 Å². The molecule has 5 heteroatoms. The molecule has 0 heterocycles. The molecular formula is C9H21NO4. The van der Waals surface area contributed by atoms with Crippen molar-refractivity contribution >= 4 is 0 Å². The molecule has 0 saturated heterocycles. The van der Waals surface area contributed by atoms with Crippen LogP contribution in [-0.2, 0) is 0 Å². The highest BCUT2D eigenvalue weighted by atomic mass is 16.4. The number of hydrogen-bond donors (Lipinski definition) is 5. The number of rotatable bonds is 7. The van der Waals surface area contributed by atoms with Crippen LogP contribution in [0, 0.1) is 0 Å². The molecule has 0 amide bonds. The van der Waals surface area contributed by atoms with Gasteiger partial charge in [-0.25, -0.2) is 0 Å². The molecule has 0 radical (unpaired) electrons. The Morgan fingerprint density at radius 3 is 2.07 bits per heavy atom. The maximum atomic E-state index is 9.41. The van der Waals surface area contributed by atoms with Gasteiger partial charge in [0.2, 0.25) is 0 Å². The molecule has 86 valence electrons. The van der Waals surface area contributed by atoms with Crippen LogP contribution in [0.4, 0.5) is 0 Å². The summed E-state index contributed by atoms with van der Waals surface area (Å²) >= 11 is 0. The number of nitrogens with one attached hydrogen (secondary N) is 1. The van der Waals surface area contributed by atoms with Gasteiger partial charge in [0.25, 0.3) is 0 Å². The first-order chi connectivity index (χ1) is 6.49. The first kappa shape index (κ1) is 13.8. The standard InChI is InChI=1S/C9H21NO4/c1-6(2)10-5-8(13)9(14)7(12)3-4-11/h6-14H,3-5H2,1-2H3/t7-,8?,9+/m1/s1. The van der Waals surface area contributed by atoms with E-state index in [2.05, 4.69) is 5.32 Å². The summed E-state index contributed by atoms with van der Waals surface area (Å²) in [5, 5.41) is 39.5. The van der Waals surface area contributed by atoms with Crippen molar-refractivity contribution in [2.75, 3.05) is 13.2 Å². The van der Waals surface area contributed by atoms with Gasteiger partial charge in [-0.2, -0.15) is 0 Å². The Morgan fingerprint density at radius 2 is 1.64 bits per heavy atom. The lowest BCUT2D eigenvalue weighted by Crippen LogP contribution is -2.44. The predicted molar refractivity (Wildman–Crippen MR) is 52.9 cm³/mol. The molecular weight excluding hydrogens is 186 g/mol. The summed E-state index contributed by atoms with van der Waals surface area (Å²) in [7, 11) is 0. The maximum absolute atomic E-state index is 9.41. The second-order valence-electron chi connectivity index (χ2n) is 3.70. The molecule has 5 nitrogen and oxygen atoms in total. The summed E-state index contributed by atoms with van der Waals surface area (Å²) in [6.07, 6.45) is -3.24. The van der Waals surface area contributed by atoms with E-state index < -0.39 is 18.3 Å². The van der Waals surface area contributed by atoms with Crippen LogP contribution < -0.4 is 5.32 Å². The van der Waals surface area contributed by atoms with Crippen molar-refractivity contribution in [3.05, 3.63) is 0 Å². The smallest absolute Gasteiger partial charge is 0.107 e. The second kappa shape index (κ2) is 7.14. The van der Waals surface area contributed by atoms with E-state index in [1.54, 1.807) is 0 Å². The molecule has 3 atom stereocenters. The first-order valence-corrected chi connectivity index (χ1v) is 4.87. The molecule has 0 rings (SSSR count). The third kappa shape index (κ3) is 5.51. The van der Waals surface area contributed by atoms with E-state index >= 15 is 0 Å². The average Bonchev–Trinajstić information content (AvgIpc) is 2.13. The van der Waals surface area contributed by atoms with Gasteiger partial charge in [-0.05, 0) is 6.42 Å². The van der Waals surface area contributed by atoms with Gasteiger partial charge in [-0.1, -0.05) is 13.8 Å². The molecule has 0 saturated carbocycles. The van der Waals surface area contributed by atoms with Crippen LogP contribution in [0.5, 0.6) is 0 Å². The lowest BCUT2D eigenvalue weighted by Gasteiger charge is -2.23. The van der Waals surface area contributed by atoms with Crippen molar-refractivity contribution in [1.29, 1.82) is 0 Å². The van der Waals surface area contributed by atoms with Crippen molar-refractivity contribution in [2.24, 2.45) is 0 Å². The van der Waals surface area contributed by atoms with Gasteiger partial charge in [-0.15, -0.1) is 0 Å². The highest BCUT2D eigenvalue weighted by molar-refractivity contribution is 4.77. The topological polar surface area (TPSA) is 93.0 Å². The zero-order chi connectivity index (χ0) is 11.1. The molecule has 0 aromatic carbocycles. The Morgan fingerprint density at radius 1 is 1.07 bits per heavy atom. The van der Waals surface area contributed by atoms with Gasteiger partial charge in [0.1, 0.15) is 6.10 Å². The van der Waals surface area contributed by atoms with Gasteiger partial charge < -0.3 is 25.7 Å². The Hall–Kier alpha value is -0.200. The molecule has 0 spiro atoms. The summed E-state index contributed by atoms with van der Waals surface area (Å²) in [5.41, 5.74) is 0. The predicted octanol–water partition coefficient (Wildman–Crippen LogP) is -1.55. The average molecular weight is 207 g/mol. The third-order valence-corrected chi connectivity index (χ3v) is 1.95. The van der Waals surface area contributed by atoms with Gasteiger partial charge >= 0.3 is 0 Å². The van der Waals surface area contributed by atoms with E-state index in [0.717, 1.165) is 0 Å². The third-order valence-electron chi connectivity index (χ3n) is 1.95. The summed E-state index contributed by atoms with van der Waals surface area (Å²) in [5.74, 6) is 0. The van der Waals surface area contributed by atoms with Gasteiger partial charge in [0.15, 0.2) is 0 Å². The fraction of sp³-hybridized carbons (Fsp3) is 1.00. The van der Waals surface area contributed by atoms with Crippen molar-refractivity contribution < 1.29 is 20.4 Å². The molecule has 14 heavy (non-hydrogen) atoms. The fourth-order valence-corrected chi connectivity index (χ4v) is 1.04. The molecule has 0 fully saturated rings. The van der Waals surface area contributed by atoms with Gasteiger partial charge in [0, 0.05) is 19.2 Å². The fourth-order valence-electron chi connectivity index (χ4n) is 1.04. The molecule has 1 unspecified atom stereocenters. The largest absolute Gasteiger partial charge is 0.396 e. The molecule has 5 N–H and O–H groups in total. The van der Waals surface area contributed by atoms with E-state index in [1.807, 2.05) is 13.8 Å². The number of aliphatic hydroxyl groups is 4. The molecule has 0 aliphatic heterocycles. The highest BCUT2D eigenvalue weighted by Gasteiger charge is 2.23. The maximum Gasteiger partial charge on any atom is 0.107 e. The minimum Gasteiger partial charge on any atom is -0.396 e. The van der Waals surface area contributed by atoms with Crippen LogP contribution >= 0.6 is 0 Å². The summed E-state index contributed by atoms with van der Waals surface area (Å²) < 4.78 is 0. The van der Waals surface area contributed by atoms with Gasteiger partial charge in [0.05, 0.1) is 12.2 Å². The number of aliphatic hydroxyl groups excluding tert-OH is 4. The Balaban J connectivity index is 3.79. The van der Waals surface area contributed by atoms with Crippen LogP contribution in [-0.4, -0.2) is 57.9 Å². The first-order valence-electron chi connectivity index (χ1n) is 4.87. The Kier molecular flexibility index (Phi) is 7.04. The lowest BCUT2D eigenvalue weighted by atomic mass is 10.1. The van der Waals surface area contributed by atoms with Crippen LogP contribution in [0.25, 0.3) is 0 Å². The molecule has 0 aliphatic carbocycles. The Labute approximate surface area is 84.4 Å². The summed E-state index contributed by atoms with van der Waals surface area (Å²) in [4.78, 5) is 0. The van der Waals surface area contributed by atoms with Crippen LogP contribution in [0.3, 0.4) is 0 Å². The number of hydrogen-bond acceptors (Lipinski definition) is 5. The van der Waals surface area contributed by atoms with Crippen molar-refractivity contribution in [3.8, 4) is 0 Å². The van der Waals surface area contributed by atoms with Crippen molar-refractivity contribution in [3.63, 3.8) is 0 Å². The minimum absolute atomic E-state index is 0.0694. The summed E-state index contributed by atoms with van der Waals surface area (Å²) in [6, 6.07) is 0.215. The molecule has 0 aromatic heterocycles. The molecule has 0 aromatic rings. The lowest BCUT2D eigenvalue weighted by molar-refractivity contribution is -0.0647. The molecule has 0 bridgehead atoms. The van der Waals surface area contributed by atoms with Crippen LogP contribution in [0.2, 0.25) is 0 Å². The monoisotopic (exact) mass is 207 g/mol. The van der Waals surface area contributed by atoms with Crippen LogP contribution in [0.1, 0.15) is 20.3 Å². The van der Waals surface area contributed by atoms with Gasteiger partial charge in [-0.3, -0.25) is 0 Å². The highest BCUT2D eigenvalue weighted by Crippen LogP contribution is 2.03. The quantitative estimate of drug-likeness (QED) is 0.348. The van der Waals surface area contributed by atoms with E-state index in [-0.39, 0.29) is 25.6 Å². The van der Waals surface area contributed by atoms with E-state index in [4.69, 9.17) is 5.11 Å². The van der Waals surface area contributed by atoms with Crippen molar-refractivity contribution in [2.45, 2.75) is 44.6 Å². The Bertz CT molecular complexity index is 143. The molecule has 0 aliphatic rings. The van der Waals surface area contributed by atoms with Crippen molar-refractivity contribution in [1.82, 2.24) is 5.32 Å². The zero-order valence-electron chi connectivity index (χ0n) is 8.72. The minimum atomic E-state index is -1.21.